The summed E-state index contributed by atoms with van der Waals surface area (Å²) in [6.07, 6.45) is -1.58. The molecular weight excluding hydrogens is 705 g/mol. The van der Waals surface area contributed by atoms with Gasteiger partial charge in [0.05, 0.1) is 40.4 Å². The maximum atomic E-state index is 14.7. The molecule has 266 valence electrons. The van der Waals surface area contributed by atoms with Gasteiger partial charge in [-0.15, -0.1) is 0 Å². The van der Waals surface area contributed by atoms with E-state index in [9.17, 15) is 36.3 Å². The molecule has 0 radical (unpaired) electrons. The fraction of sp³-hybridized carbons (Fsp3) is 0.273. The van der Waals surface area contributed by atoms with Crippen LogP contribution in [0.25, 0.3) is 10.8 Å². The zero-order chi connectivity index (χ0) is 37.0. The predicted molar refractivity (Wildman–Crippen MR) is 177 cm³/mol. The third-order valence-electron chi connectivity index (χ3n) is 8.12. The number of ether oxygens (including phenoxy) is 1. The lowest BCUT2D eigenvalue weighted by molar-refractivity contribution is -0.192. The number of anilines is 1. The molecule has 1 amide bonds. The number of sulfone groups is 1. The minimum Gasteiger partial charge on any atom is -0.495 e. The van der Waals surface area contributed by atoms with E-state index in [4.69, 9.17) is 32.1 Å². The number of methoxy groups -OCH3 is 1. The van der Waals surface area contributed by atoms with E-state index >= 15 is 0 Å². The molecule has 12 nitrogen and oxygen atoms in total. The van der Waals surface area contributed by atoms with Crippen LogP contribution in [-0.2, 0) is 24.2 Å². The molecule has 3 aromatic carbocycles. The summed E-state index contributed by atoms with van der Waals surface area (Å²) in [6, 6.07) is 16.2. The van der Waals surface area contributed by atoms with Crippen LogP contribution in [0.5, 0.6) is 5.75 Å². The zero-order valence-electron chi connectivity index (χ0n) is 26.5. The molecule has 3 atom stereocenters. The van der Waals surface area contributed by atoms with Crippen molar-refractivity contribution in [2.24, 2.45) is 11.8 Å². The highest BCUT2D eigenvalue weighted by Crippen LogP contribution is 2.43. The van der Waals surface area contributed by atoms with Gasteiger partial charge in [-0.2, -0.15) is 13.2 Å². The summed E-state index contributed by atoms with van der Waals surface area (Å²) in [4.78, 5) is 41.6. The van der Waals surface area contributed by atoms with Crippen LogP contribution in [0.15, 0.2) is 84.0 Å². The highest BCUT2D eigenvalue weighted by Gasteiger charge is 2.46. The summed E-state index contributed by atoms with van der Waals surface area (Å²) in [6.45, 7) is 1.60. The van der Waals surface area contributed by atoms with Crippen LogP contribution >= 0.6 is 11.6 Å². The molecule has 1 saturated heterocycles. The largest absolute Gasteiger partial charge is 0.495 e. The van der Waals surface area contributed by atoms with Gasteiger partial charge in [-0.05, 0) is 59.3 Å². The first kappa shape index (κ1) is 37.9. The van der Waals surface area contributed by atoms with E-state index in [1.807, 2.05) is 18.2 Å². The van der Waals surface area contributed by atoms with Gasteiger partial charge in [0.2, 0.25) is 0 Å². The lowest BCUT2D eigenvalue weighted by Gasteiger charge is -2.36. The number of hydrogen-bond acceptors (Lipinski definition) is 9. The molecule has 5 rings (SSSR count). The van der Waals surface area contributed by atoms with Gasteiger partial charge < -0.3 is 19.8 Å². The van der Waals surface area contributed by atoms with Crippen LogP contribution in [0.1, 0.15) is 36.6 Å². The van der Waals surface area contributed by atoms with Crippen LogP contribution in [0.4, 0.5) is 18.9 Å². The van der Waals surface area contributed by atoms with Crippen molar-refractivity contribution in [2.75, 3.05) is 24.4 Å². The Morgan fingerprint density at radius 3 is 2.38 bits per heavy atom. The molecule has 50 heavy (non-hydrogen) atoms. The molecule has 1 fully saturated rings. The average Bonchev–Trinajstić information content (AvgIpc) is 3.54. The number of alkyl halides is 3. The number of carbonyl (C=O) groups excluding carboxylic acids is 1. The normalized spacial score (nSPS) is 16.7. The van der Waals surface area contributed by atoms with Gasteiger partial charge in [-0.3, -0.25) is 19.6 Å². The quantitative estimate of drug-likeness (QED) is 0.148. The summed E-state index contributed by atoms with van der Waals surface area (Å²) >= 11 is 6.31. The topological polar surface area (TPSA) is 180 Å². The van der Waals surface area contributed by atoms with Gasteiger partial charge in [0.25, 0.3) is 5.91 Å². The summed E-state index contributed by atoms with van der Waals surface area (Å²) in [5.41, 5.74) is 1.23. The lowest BCUT2D eigenvalue weighted by Crippen LogP contribution is -2.47. The number of carboxylic acids is 2. The average molecular weight is 737 g/mol. The maximum absolute atomic E-state index is 14.7. The van der Waals surface area contributed by atoms with E-state index in [1.165, 1.54) is 30.0 Å². The van der Waals surface area contributed by atoms with Crippen molar-refractivity contribution in [3.8, 4) is 5.75 Å². The van der Waals surface area contributed by atoms with Crippen LogP contribution in [0.3, 0.4) is 0 Å². The number of rotatable bonds is 9. The van der Waals surface area contributed by atoms with Gasteiger partial charge in [0.1, 0.15) is 11.8 Å². The number of hydrazine groups is 1. The van der Waals surface area contributed by atoms with E-state index in [0.717, 1.165) is 10.8 Å². The SMILES string of the molecule is CCS(=O)(=O)c1ccccc1C1C(C(=O)O)CCN1C(=O)[C@H](c1ccc(Cl)c(OC)c1)N(N)c1ccc2cnccc2c1.O=C(O)C(F)(F)F. The second kappa shape index (κ2) is 15.3. The molecular formula is C33H32ClF3N4O8S. The van der Waals surface area contributed by atoms with Gasteiger partial charge in [0, 0.05) is 24.3 Å². The molecule has 2 unspecified atom stereocenters. The van der Waals surface area contributed by atoms with E-state index < -0.39 is 51.9 Å². The van der Waals surface area contributed by atoms with Gasteiger partial charge in [-0.25, -0.2) is 19.1 Å². The molecule has 1 aliphatic rings. The smallest absolute Gasteiger partial charge is 0.490 e. The van der Waals surface area contributed by atoms with Crippen LogP contribution in [0.2, 0.25) is 5.02 Å². The fourth-order valence-electron chi connectivity index (χ4n) is 5.65. The Bertz CT molecular complexity index is 2010. The first-order valence-electron chi connectivity index (χ1n) is 14.9. The molecule has 17 heteroatoms. The number of aliphatic carboxylic acids is 2. The van der Waals surface area contributed by atoms with E-state index in [1.54, 1.807) is 54.9 Å². The summed E-state index contributed by atoms with van der Waals surface area (Å²) < 4.78 is 63.3. The Labute approximate surface area is 289 Å². The number of likely N-dealkylation sites (tertiary alicyclic amines) is 1. The molecule has 2 heterocycles. The molecule has 0 aliphatic carbocycles. The second-order valence-electron chi connectivity index (χ2n) is 11.1. The number of carboxylic acid groups (broad SMARTS) is 2. The molecule has 4 N–H and O–H groups in total. The number of pyridine rings is 1. The number of hydrogen-bond donors (Lipinski definition) is 3. The zero-order valence-corrected chi connectivity index (χ0v) is 28.1. The molecule has 1 aliphatic heterocycles. The van der Waals surface area contributed by atoms with Crippen molar-refractivity contribution in [3.63, 3.8) is 0 Å². The number of amides is 1. The van der Waals surface area contributed by atoms with Gasteiger partial charge >= 0.3 is 18.1 Å². The minimum atomic E-state index is -5.08. The van der Waals surface area contributed by atoms with Crippen LogP contribution in [0, 0.1) is 5.92 Å². The number of carbonyl (C=O) groups is 3. The number of nitrogens with two attached hydrogens (primary N) is 1. The minimum absolute atomic E-state index is 0.00547. The van der Waals surface area contributed by atoms with Crippen molar-refractivity contribution >= 4 is 55.7 Å². The maximum Gasteiger partial charge on any atom is 0.490 e. The van der Waals surface area contributed by atoms with E-state index in [2.05, 4.69) is 4.98 Å². The third kappa shape index (κ3) is 8.09. The Kier molecular flexibility index (Phi) is 11.6. The van der Waals surface area contributed by atoms with Crippen molar-refractivity contribution < 1.29 is 50.9 Å². The first-order chi connectivity index (χ1) is 23.5. The summed E-state index contributed by atoms with van der Waals surface area (Å²) in [7, 11) is -2.28. The van der Waals surface area contributed by atoms with E-state index in [-0.39, 0.29) is 29.2 Å². The predicted octanol–water partition coefficient (Wildman–Crippen LogP) is 5.42. The standard InChI is InChI=1S/C31H31ClN4O6S.C2HF3O2/c1-3-43(40,41)27-7-5-4-6-23(27)29-24(31(38)39)13-15-35(29)30(37)28(20-9-11-25(32)26(17-20)42-2)36(33)22-10-8-21-18-34-14-12-19(21)16-22;3-2(4,5)1(6)7/h4-12,14,16-18,24,28-29H,3,13,15,33H2,1-2H3,(H,38,39);(H,6,7)/t24?,28-,29?;/m0./s1. The van der Waals surface area contributed by atoms with Crippen molar-refractivity contribution in [1.29, 1.82) is 0 Å². The molecule has 0 bridgehead atoms. The number of benzene rings is 3. The van der Waals surface area contributed by atoms with Crippen molar-refractivity contribution in [3.05, 3.63) is 95.3 Å². The van der Waals surface area contributed by atoms with Gasteiger partial charge in [0.15, 0.2) is 9.84 Å². The monoisotopic (exact) mass is 736 g/mol. The van der Waals surface area contributed by atoms with Crippen molar-refractivity contribution in [2.45, 2.75) is 36.5 Å². The van der Waals surface area contributed by atoms with Crippen LogP contribution in [-0.4, -0.2) is 71.9 Å². The summed E-state index contributed by atoms with van der Waals surface area (Å²) in [5, 5.41) is 20.7. The molecule has 4 aromatic rings. The number of aromatic nitrogens is 1. The highest BCUT2D eigenvalue weighted by molar-refractivity contribution is 7.91. The summed E-state index contributed by atoms with van der Waals surface area (Å²) in [5.74, 6) is 1.48. The Hall–Kier alpha value is -4.93. The number of halogens is 4. The number of nitrogens with zero attached hydrogens (tertiary/aromatic N) is 3. The third-order valence-corrected chi connectivity index (χ3v) is 10.2. The Morgan fingerprint density at radius 1 is 1.08 bits per heavy atom. The second-order valence-corrected chi connectivity index (χ2v) is 13.7. The number of fused-ring (bicyclic) bond motifs is 1. The Balaban J connectivity index is 0.000000727. The lowest BCUT2D eigenvalue weighted by atomic mass is 9.93. The fourth-order valence-corrected chi connectivity index (χ4v) is 6.99. The highest BCUT2D eigenvalue weighted by atomic mass is 35.5. The Morgan fingerprint density at radius 2 is 1.76 bits per heavy atom. The molecule has 0 spiro atoms. The van der Waals surface area contributed by atoms with Crippen molar-refractivity contribution in [1.82, 2.24) is 9.88 Å². The first-order valence-corrected chi connectivity index (χ1v) is 16.9. The van der Waals surface area contributed by atoms with Gasteiger partial charge in [-0.1, -0.05) is 48.9 Å². The van der Waals surface area contributed by atoms with E-state index in [0.29, 0.717) is 22.0 Å². The molecule has 1 aromatic heterocycles. The van der Waals surface area contributed by atoms with Crippen LogP contribution < -0.4 is 15.6 Å². The molecule has 0 saturated carbocycles.